The third-order valence-corrected chi connectivity index (χ3v) is 3.26. The average molecular weight is 273 g/mol. The largest absolute Gasteiger partial charge is 0.497 e. The van der Waals surface area contributed by atoms with Crippen molar-refractivity contribution in [3.05, 3.63) is 51.9 Å². The highest BCUT2D eigenvalue weighted by atomic mass is 16.5. The highest BCUT2D eigenvalue weighted by molar-refractivity contribution is 5.95. The van der Waals surface area contributed by atoms with E-state index in [1.54, 1.807) is 44.3 Å². The fourth-order valence-electron chi connectivity index (χ4n) is 2.05. The quantitative estimate of drug-likeness (QED) is 0.929. The second-order valence-electron chi connectivity index (χ2n) is 4.48. The van der Waals surface area contributed by atoms with Crippen molar-refractivity contribution in [2.45, 2.75) is 6.92 Å². The molecule has 2 rings (SSSR count). The number of nitrogens with zero attached hydrogens (tertiary/aromatic N) is 1. The second kappa shape index (κ2) is 5.21. The van der Waals surface area contributed by atoms with Crippen LogP contribution in [0.15, 0.2) is 35.1 Å². The van der Waals surface area contributed by atoms with E-state index in [1.807, 2.05) is 0 Å². The SMILES string of the molecule is COc1cccc(-c2cc(C)n(C)c(=O)c2C(=O)O)c1. The molecule has 0 amide bonds. The molecular weight excluding hydrogens is 258 g/mol. The molecule has 1 aromatic carbocycles. The summed E-state index contributed by atoms with van der Waals surface area (Å²) in [6, 6.07) is 8.67. The molecule has 0 aliphatic rings. The molecule has 0 saturated carbocycles. The first-order chi connectivity index (χ1) is 9.45. The van der Waals surface area contributed by atoms with Crippen molar-refractivity contribution in [3.8, 4) is 16.9 Å². The summed E-state index contributed by atoms with van der Waals surface area (Å²) in [7, 11) is 3.09. The number of aromatic nitrogens is 1. The van der Waals surface area contributed by atoms with Crippen LogP contribution in [0.25, 0.3) is 11.1 Å². The summed E-state index contributed by atoms with van der Waals surface area (Å²) in [5.41, 5.74) is 0.985. The number of carboxylic acid groups (broad SMARTS) is 1. The first-order valence-electron chi connectivity index (χ1n) is 6.04. The number of carbonyl (C=O) groups is 1. The Labute approximate surface area is 116 Å². The lowest BCUT2D eigenvalue weighted by atomic mass is 10.00. The van der Waals surface area contributed by atoms with Crippen LogP contribution in [0.4, 0.5) is 0 Å². The summed E-state index contributed by atoms with van der Waals surface area (Å²) < 4.78 is 6.46. The van der Waals surface area contributed by atoms with Crippen molar-refractivity contribution < 1.29 is 14.6 Å². The molecule has 0 radical (unpaired) electrons. The van der Waals surface area contributed by atoms with Crippen LogP contribution >= 0.6 is 0 Å². The van der Waals surface area contributed by atoms with E-state index in [2.05, 4.69) is 0 Å². The van der Waals surface area contributed by atoms with Crippen LogP contribution in [-0.4, -0.2) is 22.8 Å². The predicted molar refractivity (Wildman–Crippen MR) is 75.4 cm³/mol. The Morgan fingerprint density at radius 1 is 1.30 bits per heavy atom. The number of rotatable bonds is 3. The van der Waals surface area contributed by atoms with E-state index < -0.39 is 11.5 Å². The van der Waals surface area contributed by atoms with Crippen molar-refractivity contribution in [3.63, 3.8) is 0 Å². The predicted octanol–water partition coefficient (Wildman–Crippen LogP) is 2.07. The van der Waals surface area contributed by atoms with E-state index in [-0.39, 0.29) is 5.56 Å². The third kappa shape index (κ3) is 2.30. The Balaban J connectivity index is 2.79. The third-order valence-electron chi connectivity index (χ3n) is 3.26. The molecule has 20 heavy (non-hydrogen) atoms. The minimum absolute atomic E-state index is 0.230. The molecule has 0 unspecified atom stereocenters. The molecule has 5 heteroatoms. The molecule has 104 valence electrons. The van der Waals surface area contributed by atoms with Gasteiger partial charge in [-0.2, -0.15) is 0 Å². The van der Waals surface area contributed by atoms with Crippen molar-refractivity contribution in [2.24, 2.45) is 7.05 Å². The summed E-state index contributed by atoms with van der Waals surface area (Å²) in [5.74, 6) is -0.624. The zero-order valence-corrected chi connectivity index (χ0v) is 11.5. The number of ether oxygens (including phenoxy) is 1. The number of hydrogen-bond donors (Lipinski definition) is 1. The zero-order valence-electron chi connectivity index (χ0n) is 11.5. The molecule has 0 spiro atoms. The van der Waals surface area contributed by atoms with Gasteiger partial charge in [0.05, 0.1) is 7.11 Å². The Morgan fingerprint density at radius 2 is 2.00 bits per heavy atom. The summed E-state index contributed by atoms with van der Waals surface area (Å²) >= 11 is 0. The number of methoxy groups -OCH3 is 1. The van der Waals surface area contributed by atoms with Gasteiger partial charge in [-0.1, -0.05) is 12.1 Å². The topological polar surface area (TPSA) is 68.5 Å². The molecule has 0 aliphatic heterocycles. The number of hydrogen-bond acceptors (Lipinski definition) is 3. The highest BCUT2D eigenvalue weighted by Gasteiger charge is 2.19. The Hall–Kier alpha value is -2.56. The fraction of sp³-hybridized carbons (Fsp3) is 0.200. The van der Waals surface area contributed by atoms with Crippen molar-refractivity contribution in [1.29, 1.82) is 0 Å². The summed E-state index contributed by atoms with van der Waals surface area (Å²) in [5, 5.41) is 9.31. The van der Waals surface area contributed by atoms with Gasteiger partial charge in [0.15, 0.2) is 0 Å². The number of benzene rings is 1. The van der Waals surface area contributed by atoms with Gasteiger partial charge in [0.25, 0.3) is 5.56 Å². The van der Waals surface area contributed by atoms with Gasteiger partial charge in [-0.05, 0) is 30.7 Å². The van der Waals surface area contributed by atoms with Crippen LogP contribution in [0, 0.1) is 6.92 Å². The highest BCUT2D eigenvalue weighted by Crippen LogP contribution is 2.26. The van der Waals surface area contributed by atoms with Crippen LogP contribution in [0.5, 0.6) is 5.75 Å². The number of pyridine rings is 1. The van der Waals surface area contributed by atoms with Gasteiger partial charge in [0, 0.05) is 18.3 Å². The van der Waals surface area contributed by atoms with Gasteiger partial charge in [-0.15, -0.1) is 0 Å². The minimum atomic E-state index is -1.23. The van der Waals surface area contributed by atoms with Gasteiger partial charge >= 0.3 is 5.97 Å². The molecule has 1 N–H and O–H groups in total. The molecule has 0 saturated heterocycles. The first-order valence-corrected chi connectivity index (χ1v) is 6.04. The van der Waals surface area contributed by atoms with Gasteiger partial charge in [0.2, 0.25) is 0 Å². The maximum absolute atomic E-state index is 12.1. The van der Waals surface area contributed by atoms with E-state index in [0.717, 1.165) is 0 Å². The van der Waals surface area contributed by atoms with Crippen LogP contribution in [0.2, 0.25) is 0 Å². The van der Waals surface area contributed by atoms with E-state index >= 15 is 0 Å². The Bertz CT molecular complexity index is 731. The normalized spacial score (nSPS) is 10.3. The van der Waals surface area contributed by atoms with Crippen LogP contribution in [0.3, 0.4) is 0 Å². The summed E-state index contributed by atoms with van der Waals surface area (Å²) in [6.45, 7) is 1.76. The second-order valence-corrected chi connectivity index (χ2v) is 4.48. The molecule has 0 aliphatic carbocycles. The van der Waals surface area contributed by atoms with Crippen LogP contribution in [0.1, 0.15) is 16.1 Å². The molecule has 1 aromatic heterocycles. The molecular formula is C15H15NO4. The van der Waals surface area contributed by atoms with Crippen molar-refractivity contribution >= 4 is 5.97 Å². The Kier molecular flexibility index (Phi) is 3.61. The van der Waals surface area contributed by atoms with E-state index in [1.165, 1.54) is 11.7 Å². The molecule has 5 nitrogen and oxygen atoms in total. The van der Waals surface area contributed by atoms with Crippen molar-refractivity contribution in [2.75, 3.05) is 7.11 Å². The molecule has 0 bridgehead atoms. The minimum Gasteiger partial charge on any atom is -0.497 e. The maximum Gasteiger partial charge on any atom is 0.341 e. The lowest BCUT2D eigenvalue weighted by Gasteiger charge is -2.12. The molecule has 0 atom stereocenters. The monoisotopic (exact) mass is 273 g/mol. The number of aryl methyl sites for hydroxylation is 1. The zero-order chi connectivity index (χ0) is 14.9. The smallest absolute Gasteiger partial charge is 0.341 e. The van der Waals surface area contributed by atoms with E-state index in [9.17, 15) is 14.7 Å². The van der Waals surface area contributed by atoms with Gasteiger partial charge in [0.1, 0.15) is 11.3 Å². The van der Waals surface area contributed by atoms with Gasteiger partial charge in [-0.25, -0.2) is 4.79 Å². The standard InChI is InChI=1S/C15H15NO4/c1-9-7-12(10-5-4-6-11(8-10)20-3)13(15(18)19)14(17)16(9)2/h4-8H,1-3H3,(H,18,19). The van der Waals surface area contributed by atoms with Crippen molar-refractivity contribution in [1.82, 2.24) is 4.57 Å². The van der Waals surface area contributed by atoms with E-state index in [4.69, 9.17) is 4.74 Å². The van der Waals surface area contributed by atoms with Crippen LogP contribution in [-0.2, 0) is 7.05 Å². The fourth-order valence-corrected chi connectivity index (χ4v) is 2.05. The lowest BCUT2D eigenvalue weighted by Crippen LogP contribution is -2.26. The Morgan fingerprint density at radius 3 is 2.60 bits per heavy atom. The molecule has 1 heterocycles. The van der Waals surface area contributed by atoms with E-state index in [0.29, 0.717) is 22.6 Å². The first kappa shape index (κ1) is 13.9. The number of carboxylic acids is 1. The van der Waals surface area contributed by atoms with Crippen LogP contribution < -0.4 is 10.3 Å². The summed E-state index contributed by atoms with van der Waals surface area (Å²) in [4.78, 5) is 23.5. The number of aromatic carboxylic acids is 1. The average Bonchev–Trinajstić information content (AvgIpc) is 2.43. The summed E-state index contributed by atoms with van der Waals surface area (Å²) in [6.07, 6.45) is 0. The van der Waals surface area contributed by atoms with Gasteiger partial charge < -0.3 is 14.4 Å². The maximum atomic E-state index is 12.1. The molecule has 2 aromatic rings. The molecule has 0 fully saturated rings. The van der Waals surface area contributed by atoms with Gasteiger partial charge in [-0.3, -0.25) is 4.79 Å². The lowest BCUT2D eigenvalue weighted by molar-refractivity contribution is 0.0695.